The molecule has 0 aliphatic carbocycles. The summed E-state index contributed by atoms with van der Waals surface area (Å²) in [4.78, 5) is 14.2. The van der Waals surface area contributed by atoms with Gasteiger partial charge in [-0.25, -0.2) is 13.1 Å². The van der Waals surface area contributed by atoms with Crippen molar-refractivity contribution >= 4 is 28.3 Å². The van der Waals surface area contributed by atoms with Gasteiger partial charge in [0.15, 0.2) is 0 Å². The van der Waals surface area contributed by atoms with Gasteiger partial charge in [-0.1, -0.05) is 0 Å². The number of piperazine rings is 1. The second-order valence-corrected chi connectivity index (χ2v) is 7.37. The summed E-state index contributed by atoms with van der Waals surface area (Å²) in [7, 11) is -2.34. The second kappa shape index (κ2) is 8.66. The standard InChI is InChI=1S/C15H23N3O4S.ClH/c1-11(2)17-23(20,21)14-10-12(4-5-13(14)22-3)15(19)18-8-6-16-7-9-18;/h4-5,10-11,16-17H,6-9H2,1-3H3;1H. The average molecular weight is 378 g/mol. The topological polar surface area (TPSA) is 87.7 Å². The molecule has 2 N–H and O–H groups in total. The molecule has 0 atom stereocenters. The predicted octanol–water partition coefficient (Wildman–Crippen LogP) is 0.849. The van der Waals surface area contributed by atoms with Crippen LogP contribution in [0.2, 0.25) is 0 Å². The van der Waals surface area contributed by atoms with Crippen molar-refractivity contribution in [3.63, 3.8) is 0 Å². The van der Waals surface area contributed by atoms with Crippen molar-refractivity contribution in [2.45, 2.75) is 24.8 Å². The van der Waals surface area contributed by atoms with Crippen LogP contribution in [0.3, 0.4) is 0 Å². The third-order valence-electron chi connectivity index (χ3n) is 3.50. The smallest absolute Gasteiger partial charge is 0.253 e. The summed E-state index contributed by atoms with van der Waals surface area (Å²) in [5.74, 6) is 0.0464. The van der Waals surface area contributed by atoms with E-state index in [9.17, 15) is 13.2 Å². The Hall–Kier alpha value is -1.35. The van der Waals surface area contributed by atoms with Gasteiger partial charge < -0.3 is 15.0 Å². The van der Waals surface area contributed by atoms with Crippen molar-refractivity contribution in [3.8, 4) is 5.75 Å². The lowest BCUT2D eigenvalue weighted by atomic mass is 10.1. The van der Waals surface area contributed by atoms with E-state index in [0.29, 0.717) is 18.7 Å². The van der Waals surface area contributed by atoms with Gasteiger partial charge in [0.05, 0.1) is 7.11 Å². The molecule has 1 aliphatic heterocycles. The number of ether oxygens (including phenoxy) is 1. The quantitative estimate of drug-likeness (QED) is 0.794. The number of nitrogens with one attached hydrogen (secondary N) is 2. The van der Waals surface area contributed by atoms with Gasteiger partial charge >= 0.3 is 0 Å². The minimum absolute atomic E-state index is 0. The van der Waals surface area contributed by atoms with E-state index in [4.69, 9.17) is 4.74 Å². The molecule has 0 spiro atoms. The number of amides is 1. The van der Waals surface area contributed by atoms with Crippen LogP contribution in [0.1, 0.15) is 24.2 Å². The Balaban J connectivity index is 0.00000288. The molecule has 0 radical (unpaired) electrons. The van der Waals surface area contributed by atoms with Crippen molar-refractivity contribution in [2.75, 3.05) is 33.3 Å². The maximum absolute atomic E-state index is 12.5. The van der Waals surface area contributed by atoms with E-state index in [1.54, 1.807) is 24.8 Å². The fraction of sp³-hybridized carbons (Fsp3) is 0.533. The number of rotatable bonds is 5. The van der Waals surface area contributed by atoms with Gasteiger partial charge in [-0.3, -0.25) is 4.79 Å². The van der Waals surface area contributed by atoms with Gasteiger partial charge in [-0.2, -0.15) is 0 Å². The summed E-state index contributed by atoms with van der Waals surface area (Å²) in [5.41, 5.74) is 0.344. The molecule has 0 bridgehead atoms. The SMILES string of the molecule is COc1ccc(C(=O)N2CCNCC2)cc1S(=O)(=O)NC(C)C.Cl. The largest absolute Gasteiger partial charge is 0.495 e. The number of methoxy groups -OCH3 is 1. The average Bonchev–Trinajstić information content (AvgIpc) is 2.53. The summed E-state index contributed by atoms with van der Waals surface area (Å²) >= 11 is 0. The maximum atomic E-state index is 12.5. The lowest BCUT2D eigenvalue weighted by Crippen LogP contribution is -2.46. The van der Waals surface area contributed by atoms with Crippen LogP contribution >= 0.6 is 12.4 Å². The van der Waals surface area contributed by atoms with Crippen LogP contribution in [0.25, 0.3) is 0 Å². The molecule has 0 unspecified atom stereocenters. The molecule has 0 saturated carbocycles. The van der Waals surface area contributed by atoms with Gasteiger partial charge in [-0.15, -0.1) is 12.4 Å². The highest BCUT2D eigenvalue weighted by Crippen LogP contribution is 2.25. The zero-order chi connectivity index (χ0) is 17.0. The van der Waals surface area contributed by atoms with Crippen LogP contribution in [-0.2, 0) is 10.0 Å². The summed E-state index contributed by atoms with van der Waals surface area (Å²) in [6.45, 7) is 6.16. The Labute approximate surface area is 149 Å². The molecule has 9 heteroatoms. The van der Waals surface area contributed by atoms with Crippen LogP contribution in [0, 0.1) is 0 Å². The first-order valence-electron chi connectivity index (χ1n) is 7.55. The highest BCUT2D eigenvalue weighted by atomic mass is 35.5. The highest BCUT2D eigenvalue weighted by Gasteiger charge is 2.24. The third kappa shape index (κ3) is 4.83. The van der Waals surface area contributed by atoms with Crippen molar-refractivity contribution in [1.29, 1.82) is 0 Å². The molecule has 2 rings (SSSR count). The number of halogens is 1. The number of benzene rings is 1. The molecule has 24 heavy (non-hydrogen) atoms. The van der Waals surface area contributed by atoms with Gasteiger partial charge in [0.2, 0.25) is 10.0 Å². The number of carbonyl (C=O) groups is 1. The summed E-state index contributed by atoms with van der Waals surface area (Å²) in [5, 5.41) is 3.18. The first kappa shape index (κ1) is 20.7. The van der Waals surface area contributed by atoms with Crippen molar-refractivity contribution in [2.24, 2.45) is 0 Å². The van der Waals surface area contributed by atoms with Crippen LogP contribution in [0.5, 0.6) is 5.75 Å². The first-order valence-corrected chi connectivity index (χ1v) is 9.04. The highest BCUT2D eigenvalue weighted by molar-refractivity contribution is 7.89. The van der Waals surface area contributed by atoms with Gasteiger partial charge in [0.1, 0.15) is 10.6 Å². The normalized spacial score (nSPS) is 15.1. The minimum Gasteiger partial charge on any atom is -0.495 e. The van der Waals surface area contributed by atoms with Crippen LogP contribution in [0.4, 0.5) is 0 Å². The molecule has 1 amide bonds. The number of sulfonamides is 1. The molecule has 1 aromatic carbocycles. The Morgan fingerprint density at radius 2 is 1.92 bits per heavy atom. The molecule has 1 aliphatic rings. The number of hydrogen-bond acceptors (Lipinski definition) is 5. The molecule has 1 fully saturated rings. The van der Waals surface area contributed by atoms with Gasteiger partial charge in [0, 0.05) is 37.8 Å². The molecule has 1 aromatic rings. The lowest BCUT2D eigenvalue weighted by molar-refractivity contribution is 0.0735. The first-order chi connectivity index (χ1) is 10.8. The molecule has 1 heterocycles. The van der Waals surface area contributed by atoms with Crippen LogP contribution < -0.4 is 14.8 Å². The third-order valence-corrected chi connectivity index (χ3v) is 5.17. The van der Waals surface area contributed by atoms with Crippen molar-refractivity contribution in [3.05, 3.63) is 23.8 Å². The molecule has 0 aromatic heterocycles. The lowest BCUT2D eigenvalue weighted by Gasteiger charge is -2.27. The Bertz CT molecular complexity index is 673. The van der Waals surface area contributed by atoms with Crippen molar-refractivity contribution < 1.29 is 17.9 Å². The monoisotopic (exact) mass is 377 g/mol. The second-order valence-electron chi connectivity index (χ2n) is 5.68. The molecular weight excluding hydrogens is 354 g/mol. The van der Waals surface area contributed by atoms with E-state index in [1.807, 2.05) is 0 Å². The number of carbonyl (C=O) groups excluding carboxylic acids is 1. The van der Waals surface area contributed by atoms with E-state index >= 15 is 0 Å². The Kier molecular flexibility index (Phi) is 7.47. The van der Waals surface area contributed by atoms with Crippen LogP contribution in [-0.4, -0.2) is 58.6 Å². The summed E-state index contributed by atoms with van der Waals surface area (Å²) in [6.07, 6.45) is 0. The molecule has 7 nitrogen and oxygen atoms in total. The zero-order valence-electron chi connectivity index (χ0n) is 14.0. The fourth-order valence-corrected chi connectivity index (χ4v) is 3.89. The fourth-order valence-electron chi connectivity index (χ4n) is 2.44. The molecular formula is C15H24ClN3O4S. The van der Waals surface area contributed by atoms with E-state index < -0.39 is 10.0 Å². The Morgan fingerprint density at radius 1 is 1.29 bits per heavy atom. The van der Waals surface area contributed by atoms with E-state index in [2.05, 4.69) is 10.0 Å². The molecule has 1 saturated heterocycles. The van der Waals surface area contributed by atoms with E-state index in [0.717, 1.165) is 13.1 Å². The molecule has 136 valence electrons. The Morgan fingerprint density at radius 3 is 2.46 bits per heavy atom. The van der Waals surface area contributed by atoms with Gasteiger partial charge in [-0.05, 0) is 32.0 Å². The minimum atomic E-state index is -3.75. The van der Waals surface area contributed by atoms with E-state index in [-0.39, 0.29) is 35.0 Å². The van der Waals surface area contributed by atoms with Gasteiger partial charge in [0.25, 0.3) is 5.91 Å². The van der Waals surface area contributed by atoms with Crippen LogP contribution in [0.15, 0.2) is 23.1 Å². The summed E-state index contributed by atoms with van der Waals surface area (Å²) in [6, 6.07) is 4.24. The van der Waals surface area contributed by atoms with Crippen molar-refractivity contribution in [1.82, 2.24) is 14.9 Å². The predicted molar refractivity (Wildman–Crippen MR) is 94.5 cm³/mol. The number of hydrogen-bond donors (Lipinski definition) is 2. The summed E-state index contributed by atoms with van der Waals surface area (Å²) < 4.78 is 32.5. The van der Waals surface area contributed by atoms with E-state index in [1.165, 1.54) is 19.2 Å². The maximum Gasteiger partial charge on any atom is 0.253 e. The zero-order valence-corrected chi connectivity index (χ0v) is 15.7. The number of nitrogens with zero attached hydrogens (tertiary/aromatic N) is 1.